The lowest BCUT2D eigenvalue weighted by Crippen LogP contribution is -1.92. The molecule has 0 saturated carbocycles. The molecule has 0 bridgehead atoms. The Balaban J connectivity index is 0.000000149. The summed E-state index contributed by atoms with van der Waals surface area (Å²) >= 11 is 0. The van der Waals surface area contributed by atoms with Gasteiger partial charge >= 0.3 is 0 Å². The third-order valence-corrected chi connectivity index (χ3v) is 21.1. The standard InChI is InChI=1S/C46H28O.C42H26O.C38H24O/c1-2-14-31-29(12-1)13-11-22-32(31)35-25-26-41(34-16-4-3-15-33(34)35)46-39-20-7-5-18-37(39)45(38-19-6-8-21-40(38)46)30-24-27-44-42(28-30)36-17-9-10-23-43(36)47-44;1-2-12-27(13-3-1)29-23-24-37(31-15-5-4-14-30(29)31)42-35-19-8-6-17-33(35)41(34-18-7-9-20-36(34)42)28-22-25-40-38(26-28)32-16-10-11-21-39(32)43-40;1-2-12-25(13-3-1)27-14-4-5-16-29(27)38-32-19-8-6-17-30(32)37(31-18-7-9-20-33(31)38)26-22-23-36-34(24-26)28-15-10-11-21-35(28)39-36/h1-28H;1-26H;1-24H/i1D,2D,3D,4D,5D,6D,7D,8D,9D,10D,11D,12D,13D,15D,16D,17D,18D,19D,20D,21D,22D,23D,24D,25D,26D,27D,28D;1D,2D,3D,4D,5D,6D,7D,8D,9D,10D,11D,12D,13D,14D,15D,16D,17D,18D,19D,20D,21D,22D,23D,24D,25D,26D;1D,2D,3D,4D,5D,6D,7D,8D,9D,10D,11D,12D,13D,14D,15D,16D,17D,18D,19D,20D,21D,22D,23D,24D. The number of rotatable bonds is 9. The van der Waals surface area contributed by atoms with E-state index in [9.17, 15) is 35.6 Å². The zero-order valence-corrected chi connectivity index (χ0v) is 64.3. The number of benzene rings is 24. The molecular formula is C126H78O3. The largest absolute Gasteiger partial charge is 0.456 e. The zero-order chi connectivity index (χ0) is 152. The van der Waals surface area contributed by atoms with E-state index in [0.717, 1.165) is 6.07 Å². The fourth-order valence-electron chi connectivity index (χ4n) is 15.8. The van der Waals surface area contributed by atoms with Crippen molar-refractivity contribution in [2.24, 2.45) is 0 Å². The van der Waals surface area contributed by atoms with Gasteiger partial charge in [0.25, 0.3) is 0 Å². The molecule has 0 unspecified atom stereocenters. The number of hydrogen-bond donors (Lipinski definition) is 0. The Morgan fingerprint density at radius 1 is 0.124 bits per heavy atom. The molecule has 0 saturated heterocycles. The van der Waals surface area contributed by atoms with Gasteiger partial charge in [0.2, 0.25) is 0 Å². The highest BCUT2D eigenvalue weighted by atomic mass is 16.3. The summed E-state index contributed by atoms with van der Waals surface area (Å²) in [6.07, 6.45) is 0. The molecule has 3 nitrogen and oxygen atoms in total. The van der Waals surface area contributed by atoms with Crippen LogP contribution in [0.4, 0.5) is 0 Å². The van der Waals surface area contributed by atoms with E-state index in [1.165, 1.54) is 0 Å². The first kappa shape index (κ1) is 30.4. The van der Waals surface area contributed by atoms with E-state index in [-0.39, 0.29) is 5.39 Å². The first-order valence-electron chi connectivity index (χ1n) is 76.6. The van der Waals surface area contributed by atoms with E-state index < -0.39 is 723 Å². The summed E-state index contributed by atoms with van der Waals surface area (Å²) in [5, 5.41) is -15.1. The van der Waals surface area contributed by atoms with Gasteiger partial charge in [-0.15, -0.1) is 0 Å². The van der Waals surface area contributed by atoms with E-state index >= 15 is 0 Å². The van der Waals surface area contributed by atoms with Gasteiger partial charge in [0.15, 0.2) is 0 Å². The fourth-order valence-corrected chi connectivity index (χ4v) is 15.8. The van der Waals surface area contributed by atoms with Gasteiger partial charge in [0.1, 0.15) is 33.5 Å². The first-order valence-corrected chi connectivity index (χ1v) is 38.1. The summed E-state index contributed by atoms with van der Waals surface area (Å²) < 4.78 is 706. The molecule has 27 rings (SSSR count). The lowest BCUT2D eigenvalue weighted by molar-refractivity contribution is 0.668. The molecule has 0 amide bonds. The van der Waals surface area contributed by atoms with Crippen LogP contribution < -0.4 is 0 Å². The Kier molecular flexibility index (Phi) is 7.32. The van der Waals surface area contributed by atoms with Gasteiger partial charge in [0, 0.05) is 32.3 Å². The second-order valence-electron chi connectivity index (χ2n) is 27.9. The highest BCUT2D eigenvalue weighted by molar-refractivity contribution is 6.29. The lowest BCUT2D eigenvalue weighted by atomic mass is 9.83. The number of para-hydroxylation sites is 3. The van der Waals surface area contributed by atoms with Crippen molar-refractivity contribution in [3.05, 3.63) is 471 Å². The highest BCUT2D eigenvalue weighted by Crippen LogP contribution is 2.53. The average Bonchev–Trinajstić information content (AvgIpc) is 0.884. The van der Waals surface area contributed by atoms with Gasteiger partial charge in [-0.3, -0.25) is 0 Å². The molecule has 24 aromatic carbocycles. The molecule has 27 aromatic rings. The van der Waals surface area contributed by atoms with Gasteiger partial charge in [-0.05, 0) is 251 Å². The SMILES string of the molecule is [2H]c1c([2H])c([2H])c(-c2c([2H])c([2H])c(-c3c4c([2H])c([2H])c([2H])c([2H])c4c(-c4c([2H])c([2H])c5oc6c([2H])c([2H])c([2H])c([2H])c6c5c4[2H])c4c([2H])c([2H])c([2H])c([2H])c34)c3c([2H])c([2H])c([2H])c([2H])c23)c([2H])c1[2H].[2H]c1c([2H])c([2H])c(-c2c([2H])c([2H])c([2H])c([2H])c2-c2c3c([2H])c([2H])c([2H])c([2H])c3c(-c3c([2H])c([2H])c4oc5c([2H])c([2H])c([2H])c([2H])c5c4c3[2H])c3c([2H])c([2H])c([2H])c([2H])c23)c([2H])c1[2H].[2H]c1cc2c(-c3c([2H])c([2H])c(-c4c5c([2H])c([2H])c([2H])c([2H])c5c(-c5c([2H])c([2H])c6oc7c([2H])c([2H])c([2H])c([2H])c7c6c5[2H])c5c([2H])c([2H])c([2H])c([2H])c45)c4c([2H])c([2H])c([2H])c([2H])c34)c([2H])c([2H])c([2H])c2c([2H])c1[2H]. The van der Waals surface area contributed by atoms with Gasteiger partial charge in [-0.25, -0.2) is 0 Å². The molecule has 0 N–H and O–H groups in total. The third kappa shape index (κ3) is 12.5. The molecular weight excluding hydrogens is 1560 g/mol. The van der Waals surface area contributed by atoms with Crippen LogP contribution in [0.3, 0.4) is 0 Å². The summed E-state index contributed by atoms with van der Waals surface area (Å²) in [4.78, 5) is 0. The van der Waals surface area contributed by atoms with Gasteiger partial charge in [-0.1, -0.05) is 417 Å². The molecule has 3 heterocycles. The summed E-state index contributed by atoms with van der Waals surface area (Å²) in [5.74, 6) is 0. The number of hydrogen-bond acceptors (Lipinski definition) is 3. The zero-order valence-electron chi connectivity index (χ0n) is 141. The van der Waals surface area contributed by atoms with Crippen molar-refractivity contribution in [1.82, 2.24) is 0 Å². The average molecular weight is 1720 g/mol. The molecule has 0 spiro atoms. The van der Waals surface area contributed by atoms with Crippen molar-refractivity contribution in [1.29, 1.82) is 0 Å². The van der Waals surface area contributed by atoms with Crippen molar-refractivity contribution in [3.63, 3.8) is 0 Å². The molecule has 0 fully saturated rings. The third-order valence-electron chi connectivity index (χ3n) is 21.1. The van der Waals surface area contributed by atoms with E-state index in [1.807, 2.05) is 0 Å². The smallest absolute Gasteiger partial charge is 0.135 e. The Labute approximate surface area is 852 Å². The van der Waals surface area contributed by atoms with Crippen molar-refractivity contribution in [2.75, 3.05) is 0 Å². The Bertz CT molecular complexity index is 14000. The maximum atomic E-state index is 9.88. The van der Waals surface area contributed by atoms with Crippen molar-refractivity contribution in [2.45, 2.75) is 0 Å². The molecule has 0 aliphatic heterocycles. The Hall–Kier alpha value is -17.0. The van der Waals surface area contributed by atoms with E-state index in [2.05, 4.69) is 0 Å². The predicted molar refractivity (Wildman–Crippen MR) is 548 cm³/mol. The van der Waals surface area contributed by atoms with Crippen LogP contribution in [-0.2, 0) is 0 Å². The minimum absolute atomic E-state index is 0.357. The summed E-state index contributed by atoms with van der Waals surface area (Å²) in [5.41, 5.74) is -16.4. The van der Waals surface area contributed by atoms with Gasteiger partial charge in [0.05, 0.1) is 106 Å². The van der Waals surface area contributed by atoms with Crippen LogP contribution in [0.25, 0.3) is 263 Å². The monoisotopic (exact) mass is 1720 g/mol. The molecule has 0 radical (unpaired) electrons. The van der Waals surface area contributed by atoms with Crippen LogP contribution >= 0.6 is 0 Å². The van der Waals surface area contributed by atoms with Crippen molar-refractivity contribution >= 4 is 163 Å². The highest BCUT2D eigenvalue weighted by Gasteiger charge is 2.26. The lowest BCUT2D eigenvalue weighted by Gasteiger charge is -2.20. The van der Waals surface area contributed by atoms with E-state index in [0.29, 0.717) is 0 Å². The number of furan rings is 3. The predicted octanol–water partition coefficient (Wildman–Crippen LogP) is 36.1. The summed E-state index contributed by atoms with van der Waals surface area (Å²) in [6, 6.07) is -69.1. The molecule has 3 aromatic heterocycles. The molecule has 3 heteroatoms. The second-order valence-corrected chi connectivity index (χ2v) is 27.9. The topological polar surface area (TPSA) is 39.4 Å². The van der Waals surface area contributed by atoms with Crippen LogP contribution in [0, 0.1) is 0 Å². The molecule has 600 valence electrons. The minimum Gasteiger partial charge on any atom is -0.456 e. The van der Waals surface area contributed by atoms with Crippen LogP contribution in [0.2, 0.25) is 0 Å². The fraction of sp³-hybridized carbons (Fsp3) is 0. The Morgan fingerprint density at radius 2 is 0.364 bits per heavy atom. The van der Waals surface area contributed by atoms with Crippen LogP contribution in [0.15, 0.2) is 485 Å². The molecule has 0 aliphatic carbocycles. The number of fused-ring (bicyclic) bond motifs is 18. The van der Waals surface area contributed by atoms with Crippen molar-refractivity contribution < 1.29 is 119 Å². The summed E-state index contributed by atoms with van der Waals surface area (Å²) in [6.45, 7) is 0. The van der Waals surface area contributed by atoms with Crippen LogP contribution in [0.5, 0.6) is 0 Å². The Morgan fingerprint density at radius 3 is 0.744 bits per heavy atom. The molecule has 0 atom stereocenters. The van der Waals surface area contributed by atoms with Crippen LogP contribution in [0.1, 0.15) is 106 Å². The van der Waals surface area contributed by atoms with Gasteiger partial charge < -0.3 is 13.3 Å². The normalized spacial score (nSPS) is 20.1. The maximum Gasteiger partial charge on any atom is 0.135 e. The van der Waals surface area contributed by atoms with E-state index in [4.69, 9.17) is 83.2 Å². The van der Waals surface area contributed by atoms with Crippen molar-refractivity contribution in [3.8, 4) is 100 Å². The molecule has 129 heavy (non-hydrogen) atoms. The summed E-state index contributed by atoms with van der Waals surface area (Å²) in [7, 11) is 0. The quantitative estimate of drug-likeness (QED) is 0.135. The second kappa shape index (κ2) is 31.1. The van der Waals surface area contributed by atoms with Gasteiger partial charge in [-0.2, -0.15) is 0 Å². The minimum atomic E-state index is -1.07. The first-order chi connectivity index (χ1) is 96.1. The van der Waals surface area contributed by atoms with Crippen LogP contribution in [-0.4, -0.2) is 0 Å². The maximum absolute atomic E-state index is 9.88. The molecule has 0 aliphatic rings. The van der Waals surface area contributed by atoms with E-state index in [1.54, 1.807) is 0 Å².